The maximum Gasteiger partial charge on any atom is 0.323 e. The standard InChI is InChI=1S/C6H14BN2O3.C5H12BN2O3.C4H10BN2O3/c1-9-5(6(10)11-2)7-12-4-3-8;1-8-4(5(9)10)6-11-3-2-7;6-1-2-10-5-3(7)4(8)9/h5,9H,3-4,8H2,1-2H3;4,8H,2-3,7H2,1H3,(H,9,10);3H,1-2,6-7H2,(H,8,9). The molecule has 0 aliphatic rings. The van der Waals surface area contributed by atoms with Crippen LogP contribution in [0.4, 0.5) is 0 Å². The number of methoxy groups -OCH3 is 1. The highest BCUT2D eigenvalue weighted by molar-refractivity contribution is 6.37. The van der Waals surface area contributed by atoms with Crippen molar-refractivity contribution in [1.29, 1.82) is 0 Å². The number of hydrogen-bond donors (Lipinski definition) is 8. The van der Waals surface area contributed by atoms with E-state index < -0.39 is 29.8 Å². The Morgan fingerprint density at radius 2 is 1.18 bits per heavy atom. The number of nitrogens with one attached hydrogen (secondary N) is 2. The summed E-state index contributed by atoms with van der Waals surface area (Å²) in [5, 5.41) is 21.9. The zero-order valence-electron chi connectivity index (χ0n) is 19.3. The summed E-state index contributed by atoms with van der Waals surface area (Å²) in [7, 11) is 8.15. The smallest absolute Gasteiger partial charge is 0.323 e. The monoisotopic (exact) mass is 477 g/mol. The third-order valence-corrected chi connectivity index (χ3v) is 3.04. The second-order valence-electron chi connectivity index (χ2n) is 5.64. The number of hydrogen-bond acceptors (Lipinski definition) is 13. The number of aliphatic carboxylic acids is 2. The zero-order valence-corrected chi connectivity index (χ0v) is 19.3. The fourth-order valence-electron chi connectivity index (χ4n) is 1.38. The lowest BCUT2D eigenvalue weighted by Crippen LogP contribution is -2.41. The fraction of sp³-hybridized carbons (Fsp3) is 0.800. The van der Waals surface area contributed by atoms with Crippen LogP contribution in [0.2, 0.25) is 0 Å². The molecule has 0 aliphatic carbocycles. The Labute approximate surface area is 196 Å². The molecule has 0 aromatic heterocycles. The van der Waals surface area contributed by atoms with Crippen LogP contribution in [-0.2, 0) is 33.1 Å². The van der Waals surface area contributed by atoms with Gasteiger partial charge in [0.2, 0.25) is 0 Å². The number of carboxylic acids is 2. The second kappa shape index (κ2) is 26.5. The van der Waals surface area contributed by atoms with Crippen molar-refractivity contribution < 1.29 is 43.3 Å². The van der Waals surface area contributed by atoms with E-state index >= 15 is 0 Å². The van der Waals surface area contributed by atoms with Gasteiger partial charge in [-0.05, 0) is 14.1 Å². The molecule has 0 rings (SSSR count). The van der Waals surface area contributed by atoms with Crippen molar-refractivity contribution >= 4 is 40.4 Å². The van der Waals surface area contributed by atoms with Gasteiger partial charge in [-0.1, -0.05) is 0 Å². The fourth-order valence-corrected chi connectivity index (χ4v) is 1.38. The maximum atomic E-state index is 10.9. The summed E-state index contributed by atoms with van der Waals surface area (Å²) in [4.78, 5) is 31.3. The van der Waals surface area contributed by atoms with Gasteiger partial charge in [-0.3, -0.25) is 14.4 Å². The Kier molecular flexibility index (Phi) is 28.8. The van der Waals surface area contributed by atoms with E-state index in [0.29, 0.717) is 39.5 Å². The van der Waals surface area contributed by atoms with Crippen LogP contribution in [0.1, 0.15) is 0 Å². The molecule has 0 aromatic rings. The maximum absolute atomic E-state index is 10.9. The minimum Gasteiger partial charge on any atom is -0.481 e. The molecule has 0 saturated heterocycles. The molecule has 3 radical (unpaired) electrons. The normalized spacial score (nSPS) is 12.5. The van der Waals surface area contributed by atoms with Crippen LogP contribution in [0.5, 0.6) is 0 Å². The molecule has 0 heterocycles. The van der Waals surface area contributed by atoms with Gasteiger partial charge in [-0.25, -0.2) is 0 Å². The molecular weight excluding hydrogens is 441 g/mol. The Balaban J connectivity index is -0.000000411. The highest BCUT2D eigenvalue weighted by Crippen LogP contribution is 1.85. The van der Waals surface area contributed by atoms with Gasteiger partial charge < -0.3 is 62.5 Å². The molecule has 0 saturated carbocycles. The van der Waals surface area contributed by atoms with E-state index in [-0.39, 0.29) is 5.97 Å². The van der Waals surface area contributed by atoms with E-state index in [2.05, 4.69) is 20.0 Å². The Morgan fingerprint density at radius 3 is 1.48 bits per heavy atom. The van der Waals surface area contributed by atoms with E-state index in [4.69, 9.17) is 42.5 Å². The highest BCUT2D eigenvalue weighted by atomic mass is 16.5. The SMILES string of the molecule is CNC([B]OCCN)C(=O)O.CNC([B]OCCN)C(=O)OC.NCCO[B]C(N)C(=O)O. The lowest BCUT2D eigenvalue weighted by Gasteiger charge is -2.11. The number of likely N-dealkylation sites (N-methyl/N-ethyl adjacent to an activating group) is 2. The number of esters is 1. The van der Waals surface area contributed by atoms with Crippen molar-refractivity contribution in [2.75, 3.05) is 60.7 Å². The van der Waals surface area contributed by atoms with Crippen LogP contribution in [0, 0.1) is 0 Å². The third-order valence-electron chi connectivity index (χ3n) is 3.04. The first-order chi connectivity index (χ1) is 15.7. The van der Waals surface area contributed by atoms with Crippen molar-refractivity contribution in [2.45, 2.75) is 17.8 Å². The minimum atomic E-state index is -1.11. The zero-order chi connectivity index (χ0) is 26.1. The molecule has 3 unspecified atom stereocenters. The molecule has 0 aromatic carbocycles. The van der Waals surface area contributed by atoms with Crippen LogP contribution < -0.4 is 33.6 Å². The second-order valence-corrected chi connectivity index (χ2v) is 5.64. The van der Waals surface area contributed by atoms with Gasteiger partial charge in [0.25, 0.3) is 0 Å². The average molecular weight is 477 g/mol. The minimum absolute atomic E-state index is 0.293. The molecule has 0 spiro atoms. The summed E-state index contributed by atoms with van der Waals surface area (Å²) in [6.45, 7) is 2.19. The van der Waals surface area contributed by atoms with Gasteiger partial charge in [0.05, 0.1) is 7.11 Å². The van der Waals surface area contributed by atoms with Gasteiger partial charge in [0.1, 0.15) is 17.8 Å². The highest BCUT2D eigenvalue weighted by Gasteiger charge is 2.19. The molecule has 0 amide bonds. The molecule has 12 N–H and O–H groups in total. The van der Waals surface area contributed by atoms with Crippen LogP contribution >= 0.6 is 0 Å². The van der Waals surface area contributed by atoms with Gasteiger partial charge in [-0.2, -0.15) is 0 Å². The quantitative estimate of drug-likeness (QED) is 0.0552. The number of rotatable bonds is 17. The predicted octanol–water partition coefficient (Wildman–Crippen LogP) is -5.54. The van der Waals surface area contributed by atoms with Crippen LogP contribution in [0.15, 0.2) is 0 Å². The van der Waals surface area contributed by atoms with Crippen LogP contribution in [0.3, 0.4) is 0 Å². The summed E-state index contributed by atoms with van der Waals surface area (Å²) < 4.78 is 18.9. The van der Waals surface area contributed by atoms with E-state index in [1.165, 1.54) is 22.1 Å². The van der Waals surface area contributed by atoms with E-state index in [1.54, 1.807) is 14.1 Å². The molecule has 0 aliphatic heterocycles. The number of ether oxygens (including phenoxy) is 1. The van der Waals surface area contributed by atoms with Gasteiger partial charge in [0.15, 0.2) is 0 Å². The van der Waals surface area contributed by atoms with Crippen LogP contribution in [0.25, 0.3) is 0 Å². The predicted molar refractivity (Wildman–Crippen MR) is 123 cm³/mol. The van der Waals surface area contributed by atoms with E-state index in [0.717, 1.165) is 7.48 Å². The number of carboxylic acid groups (broad SMARTS) is 2. The lowest BCUT2D eigenvalue weighted by atomic mass is 9.88. The lowest BCUT2D eigenvalue weighted by molar-refractivity contribution is -0.141. The number of nitrogens with two attached hydrogens (primary N) is 4. The van der Waals surface area contributed by atoms with Crippen molar-refractivity contribution in [3.8, 4) is 0 Å². The number of carbonyl (C=O) groups is 3. The topological polar surface area (TPSA) is 257 Å². The van der Waals surface area contributed by atoms with Crippen molar-refractivity contribution in [1.82, 2.24) is 10.6 Å². The van der Waals surface area contributed by atoms with E-state index in [1.807, 2.05) is 0 Å². The summed E-state index contributed by atoms with van der Waals surface area (Å²) in [6, 6.07) is 0. The Bertz CT molecular complexity index is 500. The Morgan fingerprint density at radius 1 is 0.788 bits per heavy atom. The summed E-state index contributed by atoms with van der Waals surface area (Å²) in [5.41, 5.74) is 20.4. The first kappa shape index (κ1) is 35.8. The molecule has 0 fully saturated rings. The molecule has 18 heteroatoms. The number of carbonyl (C=O) groups excluding carboxylic acids is 1. The van der Waals surface area contributed by atoms with Gasteiger partial charge in [0, 0.05) is 39.5 Å². The molecule has 189 valence electrons. The summed E-state index contributed by atoms with van der Waals surface area (Å²) >= 11 is 0. The molecular formula is C15H36B3N6O9. The first-order valence-corrected chi connectivity index (χ1v) is 9.75. The Hall–Kier alpha value is -1.76. The largest absolute Gasteiger partial charge is 0.481 e. The van der Waals surface area contributed by atoms with Gasteiger partial charge in [-0.15, -0.1) is 0 Å². The molecule has 3 atom stereocenters. The van der Waals surface area contributed by atoms with Crippen molar-refractivity contribution in [3.63, 3.8) is 0 Å². The molecule has 0 bridgehead atoms. The average Bonchev–Trinajstić information content (AvgIpc) is 2.80. The van der Waals surface area contributed by atoms with Crippen molar-refractivity contribution in [3.05, 3.63) is 0 Å². The third kappa shape index (κ3) is 24.7. The van der Waals surface area contributed by atoms with Crippen LogP contribution in [-0.4, -0.2) is 129 Å². The van der Waals surface area contributed by atoms with Crippen molar-refractivity contribution in [2.24, 2.45) is 22.9 Å². The molecule has 33 heavy (non-hydrogen) atoms. The summed E-state index contributed by atoms with van der Waals surface area (Å²) in [5.74, 6) is -4.81. The first-order valence-electron chi connectivity index (χ1n) is 9.75. The summed E-state index contributed by atoms with van der Waals surface area (Å²) in [6.07, 6.45) is 0. The van der Waals surface area contributed by atoms with E-state index in [9.17, 15) is 14.4 Å². The van der Waals surface area contributed by atoms with Gasteiger partial charge >= 0.3 is 40.4 Å². The molecule has 15 nitrogen and oxygen atoms in total.